The monoisotopic (exact) mass is 377 g/mol. The number of rotatable bonds is 2. The molecular formula is C20H23N7O. The van der Waals surface area contributed by atoms with Crippen molar-refractivity contribution in [1.82, 2.24) is 24.5 Å². The van der Waals surface area contributed by atoms with Gasteiger partial charge in [0.15, 0.2) is 0 Å². The maximum absolute atomic E-state index is 13.2. The van der Waals surface area contributed by atoms with Crippen molar-refractivity contribution in [2.24, 2.45) is 0 Å². The number of amides is 1. The van der Waals surface area contributed by atoms with Crippen LogP contribution in [0.4, 0.5) is 11.5 Å². The maximum Gasteiger partial charge on any atom is 0.256 e. The van der Waals surface area contributed by atoms with Crippen molar-refractivity contribution in [3.05, 3.63) is 47.4 Å². The zero-order valence-electron chi connectivity index (χ0n) is 15.9. The van der Waals surface area contributed by atoms with E-state index in [1.807, 2.05) is 30.0 Å². The summed E-state index contributed by atoms with van der Waals surface area (Å²) in [7, 11) is 0. The third kappa shape index (κ3) is 2.85. The molecule has 0 aliphatic carbocycles. The van der Waals surface area contributed by atoms with E-state index in [1.165, 1.54) is 11.9 Å². The minimum atomic E-state index is 0.114. The van der Waals surface area contributed by atoms with Gasteiger partial charge in [-0.15, -0.1) is 0 Å². The molecule has 4 heterocycles. The van der Waals surface area contributed by atoms with Crippen molar-refractivity contribution in [2.75, 3.05) is 42.9 Å². The van der Waals surface area contributed by atoms with Gasteiger partial charge < -0.3 is 15.1 Å². The van der Waals surface area contributed by atoms with Crippen molar-refractivity contribution in [3.63, 3.8) is 0 Å². The summed E-state index contributed by atoms with van der Waals surface area (Å²) in [6.07, 6.45) is 3.68. The van der Waals surface area contributed by atoms with Gasteiger partial charge in [0.2, 0.25) is 0 Å². The van der Waals surface area contributed by atoms with Gasteiger partial charge in [-0.2, -0.15) is 14.6 Å². The third-order valence-electron chi connectivity index (χ3n) is 5.56. The largest absolute Gasteiger partial charge is 0.384 e. The highest BCUT2D eigenvalue weighted by Gasteiger charge is 2.26. The maximum atomic E-state index is 13.2. The van der Waals surface area contributed by atoms with Crippen LogP contribution in [0.15, 0.2) is 30.6 Å². The van der Waals surface area contributed by atoms with Gasteiger partial charge in [-0.1, -0.05) is 12.1 Å². The Kier molecular flexibility index (Phi) is 4.11. The summed E-state index contributed by atoms with van der Waals surface area (Å²) in [5.41, 5.74) is 3.98. The molecule has 0 saturated carbocycles. The Balaban J connectivity index is 1.35. The highest BCUT2D eigenvalue weighted by molar-refractivity contribution is 6.00. The van der Waals surface area contributed by atoms with E-state index in [4.69, 9.17) is 0 Å². The van der Waals surface area contributed by atoms with Crippen LogP contribution in [0.3, 0.4) is 0 Å². The van der Waals surface area contributed by atoms with Gasteiger partial charge in [0.1, 0.15) is 12.1 Å². The van der Waals surface area contributed by atoms with Crippen LogP contribution >= 0.6 is 0 Å². The number of carbonyl (C=O) groups is 1. The summed E-state index contributed by atoms with van der Waals surface area (Å²) in [5, 5.41) is 7.72. The van der Waals surface area contributed by atoms with E-state index < -0.39 is 0 Å². The minimum absolute atomic E-state index is 0.114. The number of anilines is 2. The van der Waals surface area contributed by atoms with Gasteiger partial charge in [0.25, 0.3) is 11.7 Å². The number of aromatic nitrogens is 4. The molecule has 0 atom stereocenters. The van der Waals surface area contributed by atoms with Crippen molar-refractivity contribution in [1.29, 1.82) is 0 Å². The molecule has 2 aliphatic rings. The Hall–Kier alpha value is -3.16. The Morgan fingerprint density at radius 3 is 2.89 bits per heavy atom. The molecule has 2 aliphatic heterocycles. The van der Waals surface area contributed by atoms with Crippen LogP contribution in [0.25, 0.3) is 5.78 Å². The normalized spacial score (nSPS) is 16.8. The zero-order chi connectivity index (χ0) is 19.1. The number of fused-ring (bicyclic) bond motifs is 2. The first-order valence-corrected chi connectivity index (χ1v) is 9.78. The van der Waals surface area contributed by atoms with E-state index in [0.29, 0.717) is 18.9 Å². The zero-order valence-corrected chi connectivity index (χ0v) is 15.9. The smallest absolute Gasteiger partial charge is 0.256 e. The molecule has 1 saturated heterocycles. The lowest BCUT2D eigenvalue weighted by atomic mass is 9.98. The predicted octanol–water partition coefficient (Wildman–Crippen LogP) is 1.75. The second-order valence-electron chi connectivity index (χ2n) is 7.38. The molecule has 1 N–H and O–H groups in total. The van der Waals surface area contributed by atoms with Crippen molar-refractivity contribution in [2.45, 2.75) is 19.8 Å². The van der Waals surface area contributed by atoms with Crippen LogP contribution in [0, 0.1) is 6.92 Å². The number of piperazine rings is 1. The molecule has 28 heavy (non-hydrogen) atoms. The van der Waals surface area contributed by atoms with Crippen LogP contribution in [-0.4, -0.2) is 63.1 Å². The SMILES string of the molecule is Cc1cc(N2CCN(C(=O)c3cccc4c3NCCC4)CC2)n2ncnc2n1. The lowest BCUT2D eigenvalue weighted by molar-refractivity contribution is 0.0747. The van der Waals surface area contributed by atoms with Crippen molar-refractivity contribution >= 4 is 23.2 Å². The first-order chi connectivity index (χ1) is 13.7. The standard InChI is InChI=1S/C20H23N7O/c1-14-12-17(27-20(24-14)22-13-23-27)25-8-10-26(11-9-25)19(28)16-6-2-4-15-5-3-7-21-18(15)16/h2,4,6,12-13,21H,3,5,7-11H2,1H3. The van der Waals surface area contributed by atoms with Gasteiger partial charge in [0.05, 0.1) is 11.3 Å². The topological polar surface area (TPSA) is 78.7 Å². The fourth-order valence-electron chi connectivity index (χ4n) is 4.13. The number of hydrogen-bond acceptors (Lipinski definition) is 6. The molecular weight excluding hydrogens is 354 g/mol. The molecule has 1 fully saturated rings. The second-order valence-corrected chi connectivity index (χ2v) is 7.38. The molecule has 0 spiro atoms. The highest BCUT2D eigenvalue weighted by atomic mass is 16.2. The van der Waals surface area contributed by atoms with Gasteiger partial charge in [-0.25, -0.2) is 4.98 Å². The lowest BCUT2D eigenvalue weighted by Crippen LogP contribution is -2.49. The average Bonchev–Trinajstić information content (AvgIpc) is 3.21. The van der Waals surface area contributed by atoms with E-state index in [9.17, 15) is 4.79 Å². The molecule has 5 rings (SSSR count). The number of nitrogens with one attached hydrogen (secondary N) is 1. The molecule has 8 heteroatoms. The summed E-state index contributed by atoms with van der Waals surface area (Å²) < 4.78 is 1.77. The summed E-state index contributed by atoms with van der Waals surface area (Å²) in [6, 6.07) is 8.08. The van der Waals surface area contributed by atoms with Crippen molar-refractivity contribution in [3.8, 4) is 0 Å². The van der Waals surface area contributed by atoms with Gasteiger partial charge >= 0.3 is 0 Å². The van der Waals surface area contributed by atoms with Crippen molar-refractivity contribution < 1.29 is 4.79 Å². The Morgan fingerprint density at radius 2 is 2.04 bits per heavy atom. The minimum Gasteiger partial charge on any atom is -0.384 e. The van der Waals surface area contributed by atoms with E-state index in [-0.39, 0.29) is 5.91 Å². The second kappa shape index (κ2) is 6.78. The Bertz CT molecular complexity index is 1040. The van der Waals surface area contributed by atoms with Gasteiger partial charge in [-0.3, -0.25) is 4.79 Å². The first-order valence-electron chi connectivity index (χ1n) is 9.78. The molecule has 1 aromatic carbocycles. The fourth-order valence-corrected chi connectivity index (χ4v) is 4.13. The number of nitrogens with zero attached hydrogens (tertiary/aromatic N) is 6. The van der Waals surface area contributed by atoms with Crippen LogP contribution in [0.1, 0.15) is 28.0 Å². The predicted molar refractivity (Wildman–Crippen MR) is 107 cm³/mol. The number of carbonyl (C=O) groups excluding carboxylic acids is 1. The number of aryl methyl sites for hydroxylation is 2. The van der Waals surface area contributed by atoms with Crippen LogP contribution < -0.4 is 10.2 Å². The lowest BCUT2D eigenvalue weighted by Gasteiger charge is -2.36. The third-order valence-corrected chi connectivity index (χ3v) is 5.56. The average molecular weight is 377 g/mol. The first kappa shape index (κ1) is 17.0. The summed E-state index contributed by atoms with van der Waals surface area (Å²) in [5.74, 6) is 1.70. The fraction of sp³-hybridized carbons (Fsp3) is 0.400. The molecule has 0 radical (unpaired) electrons. The molecule has 0 unspecified atom stereocenters. The van der Waals surface area contributed by atoms with E-state index in [1.54, 1.807) is 4.52 Å². The Morgan fingerprint density at radius 1 is 1.18 bits per heavy atom. The molecule has 3 aromatic rings. The molecule has 144 valence electrons. The number of para-hydroxylation sites is 1. The quantitative estimate of drug-likeness (QED) is 0.733. The van der Waals surface area contributed by atoms with Gasteiger partial charge in [0, 0.05) is 44.5 Å². The van der Waals surface area contributed by atoms with Crippen LogP contribution in [0.2, 0.25) is 0 Å². The molecule has 2 aromatic heterocycles. The molecule has 8 nitrogen and oxygen atoms in total. The highest BCUT2D eigenvalue weighted by Crippen LogP contribution is 2.27. The Labute approximate surface area is 163 Å². The summed E-state index contributed by atoms with van der Waals surface area (Å²) in [4.78, 5) is 26.0. The number of benzene rings is 1. The molecule has 1 amide bonds. The van der Waals surface area contributed by atoms with E-state index >= 15 is 0 Å². The van der Waals surface area contributed by atoms with E-state index in [2.05, 4.69) is 31.3 Å². The van der Waals surface area contributed by atoms with Crippen LogP contribution in [0.5, 0.6) is 0 Å². The van der Waals surface area contributed by atoms with E-state index in [0.717, 1.165) is 55.2 Å². The summed E-state index contributed by atoms with van der Waals surface area (Å²) >= 11 is 0. The van der Waals surface area contributed by atoms with Gasteiger partial charge in [-0.05, 0) is 31.4 Å². The summed E-state index contributed by atoms with van der Waals surface area (Å²) in [6.45, 7) is 5.77. The number of hydrogen-bond donors (Lipinski definition) is 1. The van der Waals surface area contributed by atoms with Crippen LogP contribution in [-0.2, 0) is 6.42 Å². The molecule has 0 bridgehead atoms.